The van der Waals surface area contributed by atoms with Crippen LogP contribution >= 0.6 is 0 Å². The molecule has 0 bridgehead atoms. The number of nitrogens with zero attached hydrogens (tertiary/aromatic N) is 4. The van der Waals surface area contributed by atoms with Crippen LogP contribution in [-0.4, -0.2) is 56.0 Å². The summed E-state index contributed by atoms with van der Waals surface area (Å²) >= 11 is 0. The Balaban J connectivity index is 1.83. The molecule has 1 aliphatic heterocycles. The third-order valence-electron chi connectivity index (χ3n) is 4.89. The summed E-state index contributed by atoms with van der Waals surface area (Å²) in [5, 5.41) is 0. The van der Waals surface area contributed by atoms with Gasteiger partial charge in [0.15, 0.2) is 0 Å². The molecule has 0 atom stereocenters. The quantitative estimate of drug-likeness (QED) is 0.743. The van der Waals surface area contributed by atoms with Gasteiger partial charge in [-0.2, -0.15) is 4.31 Å². The Hall–Kier alpha value is -2.03. The molecule has 0 saturated carbocycles. The zero-order valence-electron chi connectivity index (χ0n) is 17.6. The highest BCUT2D eigenvalue weighted by Crippen LogP contribution is 2.24. The van der Waals surface area contributed by atoms with Gasteiger partial charge in [0.25, 0.3) is 0 Å². The molecular formula is C21H30N4O3S. The smallest absolute Gasteiger partial charge is 0.243 e. The second-order valence-corrected chi connectivity index (χ2v) is 10.2. The molecule has 1 aliphatic rings. The van der Waals surface area contributed by atoms with Crippen molar-refractivity contribution in [2.75, 3.05) is 38.2 Å². The predicted molar refractivity (Wildman–Crippen MR) is 113 cm³/mol. The van der Waals surface area contributed by atoms with E-state index in [1.807, 2.05) is 12.1 Å². The highest BCUT2D eigenvalue weighted by molar-refractivity contribution is 7.89. The van der Waals surface area contributed by atoms with Gasteiger partial charge in [0.1, 0.15) is 11.6 Å². The zero-order chi connectivity index (χ0) is 21.1. The molecule has 1 aromatic heterocycles. The van der Waals surface area contributed by atoms with Gasteiger partial charge in [-0.1, -0.05) is 39.0 Å². The lowest BCUT2D eigenvalue weighted by Gasteiger charge is -2.25. The standard InChI is InChI=1S/C21H30N4O3S/c1-21(2,3)20-22-17(16-28-4)15-19(23-20)24-11-8-12-25(14-13-24)29(26,27)18-9-6-5-7-10-18/h5-7,9-10,15H,8,11-14,16H2,1-4H3. The van der Waals surface area contributed by atoms with Crippen molar-refractivity contribution in [3.05, 3.63) is 47.9 Å². The zero-order valence-corrected chi connectivity index (χ0v) is 18.4. The first-order valence-electron chi connectivity index (χ1n) is 9.89. The van der Waals surface area contributed by atoms with Gasteiger partial charge in [0.2, 0.25) is 10.0 Å². The van der Waals surface area contributed by atoms with E-state index >= 15 is 0 Å². The van der Waals surface area contributed by atoms with E-state index in [-0.39, 0.29) is 5.41 Å². The van der Waals surface area contributed by atoms with E-state index in [1.165, 1.54) is 0 Å². The highest BCUT2D eigenvalue weighted by atomic mass is 32.2. The van der Waals surface area contributed by atoms with Crippen molar-refractivity contribution < 1.29 is 13.2 Å². The van der Waals surface area contributed by atoms with Crippen LogP contribution in [0.15, 0.2) is 41.3 Å². The van der Waals surface area contributed by atoms with Gasteiger partial charge in [-0.15, -0.1) is 0 Å². The second-order valence-electron chi connectivity index (χ2n) is 8.28. The maximum Gasteiger partial charge on any atom is 0.243 e. The molecule has 0 aliphatic carbocycles. The Morgan fingerprint density at radius 3 is 2.41 bits per heavy atom. The summed E-state index contributed by atoms with van der Waals surface area (Å²) < 4.78 is 32.8. The molecule has 158 valence electrons. The highest BCUT2D eigenvalue weighted by Gasteiger charge is 2.28. The van der Waals surface area contributed by atoms with E-state index in [4.69, 9.17) is 9.72 Å². The lowest BCUT2D eigenvalue weighted by molar-refractivity contribution is 0.181. The lowest BCUT2D eigenvalue weighted by Crippen LogP contribution is -2.35. The third-order valence-corrected chi connectivity index (χ3v) is 6.80. The Kier molecular flexibility index (Phi) is 6.55. The van der Waals surface area contributed by atoms with Gasteiger partial charge in [-0.05, 0) is 18.6 Å². The van der Waals surface area contributed by atoms with Gasteiger partial charge in [0, 0.05) is 44.8 Å². The maximum atomic E-state index is 13.0. The van der Waals surface area contributed by atoms with Crippen molar-refractivity contribution in [3.8, 4) is 0 Å². The average molecular weight is 419 g/mol. The van der Waals surface area contributed by atoms with Crippen molar-refractivity contribution in [3.63, 3.8) is 0 Å². The molecule has 0 N–H and O–H groups in total. The van der Waals surface area contributed by atoms with Crippen LogP contribution in [0.2, 0.25) is 0 Å². The van der Waals surface area contributed by atoms with Crippen LogP contribution in [0.25, 0.3) is 0 Å². The molecule has 1 saturated heterocycles. The topological polar surface area (TPSA) is 75.6 Å². The van der Waals surface area contributed by atoms with E-state index in [0.29, 0.717) is 31.1 Å². The molecule has 0 radical (unpaired) electrons. The molecule has 2 heterocycles. The van der Waals surface area contributed by atoms with Crippen molar-refractivity contribution >= 4 is 15.8 Å². The normalized spacial score (nSPS) is 16.6. The van der Waals surface area contributed by atoms with Crippen LogP contribution in [0, 0.1) is 0 Å². The molecule has 8 heteroatoms. The summed E-state index contributed by atoms with van der Waals surface area (Å²) in [7, 11) is -1.84. The van der Waals surface area contributed by atoms with Gasteiger partial charge in [-0.3, -0.25) is 0 Å². The largest absolute Gasteiger partial charge is 0.378 e. The fourth-order valence-electron chi connectivity index (χ4n) is 3.31. The molecular weight excluding hydrogens is 388 g/mol. The first kappa shape index (κ1) is 21.7. The van der Waals surface area contributed by atoms with Gasteiger partial charge >= 0.3 is 0 Å². The minimum absolute atomic E-state index is 0.187. The van der Waals surface area contributed by atoms with Crippen molar-refractivity contribution in [2.24, 2.45) is 0 Å². The van der Waals surface area contributed by atoms with Gasteiger partial charge in [0.05, 0.1) is 17.2 Å². The fraction of sp³-hybridized carbons (Fsp3) is 0.524. The second kappa shape index (κ2) is 8.77. The molecule has 0 amide bonds. The molecule has 0 unspecified atom stereocenters. The van der Waals surface area contributed by atoms with Crippen LogP contribution in [0.3, 0.4) is 0 Å². The molecule has 3 rings (SSSR count). The number of hydrogen-bond acceptors (Lipinski definition) is 6. The maximum absolute atomic E-state index is 13.0. The third kappa shape index (κ3) is 5.12. The van der Waals surface area contributed by atoms with E-state index < -0.39 is 10.0 Å². The van der Waals surface area contributed by atoms with Gasteiger partial charge < -0.3 is 9.64 Å². The van der Waals surface area contributed by atoms with Crippen molar-refractivity contribution in [2.45, 2.75) is 44.1 Å². The van der Waals surface area contributed by atoms with Crippen LogP contribution in [0.4, 0.5) is 5.82 Å². The number of hydrogen-bond donors (Lipinski definition) is 0. The summed E-state index contributed by atoms with van der Waals surface area (Å²) in [6, 6.07) is 10.6. The lowest BCUT2D eigenvalue weighted by atomic mass is 9.95. The molecule has 7 nitrogen and oxygen atoms in total. The summed E-state index contributed by atoms with van der Waals surface area (Å²) in [5.74, 6) is 1.59. The van der Waals surface area contributed by atoms with Crippen LogP contribution in [0.5, 0.6) is 0 Å². The summed E-state index contributed by atoms with van der Waals surface area (Å²) in [6.45, 7) is 8.91. The molecule has 29 heavy (non-hydrogen) atoms. The average Bonchev–Trinajstić information content (AvgIpc) is 2.95. The van der Waals surface area contributed by atoms with Gasteiger partial charge in [-0.25, -0.2) is 18.4 Å². The number of methoxy groups -OCH3 is 1. The van der Waals surface area contributed by atoms with Crippen LogP contribution < -0.4 is 4.90 Å². The fourth-order valence-corrected chi connectivity index (χ4v) is 4.80. The van der Waals surface area contributed by atoms with Crippen molar-refractivity contribution in [1.82, 2.24) is 14.3 Å². The first-order valence-corrected chi connectivity index (χ1v) is 11.3. The Morgan fingerprint density at radius 1 is 1.03 bits per heavy atom. The summed E-state index contributed by atoms with van der Waals surface area (Å²) in [5.41, 5.74) is 0.646. The first-order chi connectivity index (χ1) is 13.7. The minimum atomic E-state index is -3.49. The number of aromatic nitrogens is 2. The number of sulfonamides is 1. The van der Waals surface area contributed by atoms with E-state index in [2.05, 4.69) is 30.7 Å². The number of benzene rings is 1. The monoisotopic (exact) mass is 418 g/mol. The Labute approximate surface area is 173 Å². The number of rotatable bonds is 5. The van der Waals surface area contributed by atoms with E-state index in [0.717, 1.165) is 30.3 Å². The SMILES string of the molecule is COCc1cc(N2CCCN(S(=O)(=O)c3ccccc3)CC2)nc(C(C)(C)C)n1. The number of anilines is 1. The summed E-state index contributed by atoms with van der Waals surface area (Å²) in [4.78, 5) is 11.9. The molecule has 2 aromatic rings. The van der Waals surface area contributed by atoms with E-state index in [9.17, 15) is 8.42 Å². The minimum Gasteiger partial charge on any atom is -0.378 e. The Morgan fingerprint density at radius 2 is 1.76 bits per heavy atom. The van der Waals surface area contributed by atoms with Crippen molar-refractivity contribution in [1.29, 1.82) is 0 Å². The predicted octanol–water partition coefficient (Wildman–Crippen LogP) is 2.82. The van der Waals surface area contributed by atoms with Crippen LogP contribution in [-0.2, 0) is 26.8 Å². The molecule has 1 fully saturated rings. The molecule has 0 spiro atoms. The van der Waals surface area contributed by atoms with Crippen LogP contribution in [0.1, 0.15) is 38.7 Å². The summed E-state index contributed by atoms with van der Waals surface area (Å²) in [6.07, 6.45) is 0.737. The van der Waals surface area contributed by atoms with E-state index in [1.54, 1.807) is 35.7 Å². The number of ether oxygens (including phenoxy) is 1. The Bertz CT molecular complexity index is 927. The molecule has 1 aromatic carbocycles.